The molecule has 2 aromatic heterocycles. The predicted molar refractivity (Wildman–Crippen MR) is 121 cm³/mol. The normalized spacial score (nSPS) is 12.3. The Labute approximate surface area is 190 Å². The molecule has 7 nitrogen and oxygen atoms in total. The second-order valence-corrected chi connectivity index (χ2v) is 8.43. The maximum Gasteiger partial charge on any atom is 0.196 e. The largest absolute Gasteiger partial charge is 0.497 e. The summed E-state index contributed by atoms with van der Waals surface area (Å²) >= 11 is 1.49. The molecule has 1 atom stereocenters. The number of methoxy groups -OCH3 is 1. The fourth-order valence-electron chi connectivity index (χ4n) is 3.12. The quantitative estimate of drug-likeness (QED) is 0.348. The SMILES string of the molecule is COc1ccc(-c2cc(CSc3nnc(C(C)N(C)C)n3-c3ccc(F)cc3)on2)cc1. The van der Waals surface area contributed by atoms with Gasteiger partial charge in [-0.2, -0.15) is 0 Å². The zero-order chi connectivity index (χ0) is 22.7. The Morgan fingerprint density at radius 1 is 1.09 bits per heavy atom. The molecule has 0 saturated carbocycles. The molecular formula is C23H24FN5O2S. The summed E-state index contributed by atoms with van der Waals surface area (Å²) in [5, 5.41) is 13.7. The van der Waals surface area contributed by atoms with Gasteiger partial charge in [0.25, 0.3) is 0 Å². The van der Waals surface area contributed by atoms with Crippen molar-refractivity contribution >= 4 is 11.8 Å². The first-order valence-corrected chi connectivity index (χ1v) is 11.1. The molecule has 2 heterocycles. The highest BCUT2D eigenvalue weighted by Gasteiger charge is 2.21. The standard InChI is InChI=1S/C23H24FN5O2S/c1-15(28(2)3)22-25-26-23(29(22)18-9-7-17(24)8-10-18)32-14-20-13-21(27-31-20)16-5-11-19(30-4)12-6-16/h5-13,15H,14H2,1-4H3. The molecular weight excluding hydrogens is 429 g/mol. The maximum atomic E-state index is 13.5. The summed E-state index contributed by atoms with van der Waals surface area (Å²) in [6.07, 6.45) is 0. The van der Waals surface area contributed by atoms with Crippen LogP contribution in [0.5, 0.6) is 5.75 Å². The number of hydrogen-bond donors (Lipinski definition) is 0. The van der Waals surface area contributed by atoms with Crippen LogP contribution in [0.4, 0.5) is 4.39 Å². The Hall–Kier alpha value is -3.17. The van der Waals surface area contributed by atoms with Crippen LogP contribution in [0.3, 0.4) is 0 Å². The third kappa shape index (κ3) is 4.68. The zero-order valence-corrected chi connectivity index (χ0v) is 19.1. The van der Waals surface area contributed by atoms with E-state index in [-0.39, 0.29) is 11.9 Å². The van der Waals surface area contributed by atoms with Gasteiger partial charge in [-0.15, -0.1) is 10.2 Å². The van der Waals surface area contributed by atoms with E-state index in [0.29, 0.717) is 10.9 Å². The number of benzene rings is 2. The van der Waals surface area contributed by atoms with E-state index in [1.807, 2.05) is 49.0 Å². The first-order valence-electron chi connectivity index (χ1n) is 10.1. The molecule has 0 aliphatic rings. The lowest BCUT2D eigenvalue weighted by atomic mass is 10.1. The number of hydrogen-bond acceptors (Lipinski definition) is 7. The molecule has 0 spiro atoms. The van der Waals surface area contributed by atoms with Gasteiger partial charge < -0.3 is 9.26 Å². The van der Waals surface area contributed by atoms with Crippen molar-refractivity contribution in [2.45, 2.75) is 23.9 Å². The molecule has 32 heavy (non-hydrogen) atoms. The fourth-order valence-corrected chi connectivity index (χ4v) is 3.96. The summed E-state index contributed by atoms with van der Waals surface area (Å²) < 4.78 is 26.2. The number of thioether (sulfide) groups is 1. The summed E-state index contributed by atoms with van der Waals surface area (Å²) in [6, 6.07) is 15.9. The van der Waals surface area contributed by atoms with Gasteiger partial charge in [0, 0.05) is 17.3 Å². The molecule has 1 unspecified atom stereocenters. The molecule has 0 aliphatic carbocycles. The van der Waals surface area contributed by atoms with Crippen LogP contribution in [0.25, 0.3) is 16.9 Å². The summed E-state index contributed by atoms with van der Waals surface area (Å²) in [5.74, 6) is 2.53. The third-order valence-corrected chi connectivity index (χ3v) is 6.13. The van der Waals surface area contributed by atoms with Crippen molar-refractivity contribution in [3.63, 3.8) is 0 Å². The second-order valence-electron chi connectivity index (χ2n) is 7.49. The molecule has 2 aromatic carbocycles. The Balaban J connectivity index is 1.57. The highest BCUT2D eigenvalue weighted by atomic mass is 32.2. The minimum atomic E-state index is -0.286. The topological polar surface area (TPSA) is 69.2 Å². The van der Waals surface area contributed by atoms with Crippen LogP contribution in [0.15, 0.2) is 64.3 Å². The molecule has 0 bridgehead atoms. The molecule has 166 valence electrons. The van der Waals surface area contributed by atoms with Crippen molar-refractivity contribution in [3.05, 3.63) is 72.0 Å². The second kappa shape index (κ2) is 9.54. The number of aromatic nitrogens is 4. The Morgan fingerprint density at radius 3 is 2.47 bits per heavy atom. The van der Waals surface area contributed by atoms with Crippen molar-refractivity contribution in [3.8, 4) is 22.7 Å². The minimum Gasteiger partial charge on any atom is -0.497 e. The predicted octanol–water partition coefficient (Wildman–Crippen LogP) is 4.98. The average Bonchev–Trinajstić information content (AvgIpc) is 3.45. The van der Waals surface area contributed by atoms with E-state index in [9.17, 15) is 4.39 Å². The van der Waals surface area contributed by atoms with Gasteiger partial charge in [-0.05, 0) is 69.6 Å². The fraction of sp³-hybridized carbons (Fsp3) is 0.261. The Morgan fingerprint density at radius 2 is 1.81 bits per heavy atom. The molecule has 0 N–H and O–H groups in total. The van der Waals surface area contributed by atoms with E-state index < -0.39 is 0 Å². The highest BCUT2D eigenvalue weighted by molar-refractivity contribution is 7.98. The van der Waals surface area contributed by atoms with Crippen LogP contribution >= 0.6 is 11.8 Å². The number of nitrogens with zero attached hydrogens (tertiary/aromatic N) is 5. The van der Waals surface area contributed by atoms with Gasteiger partial charge in [-0.3, -0.25) is 9.47 Å². The first kappa shape index (κ1) is 22.0. The molecule has 4 rings (SSSR count). The minimum absolute atomic E-state index is 0.0221. The van der Waals surface area contributed by atoms with Gasteiger partial charge in [0.2, 0.25) is 0 Å². The van der Waals surface area contributed by atoms with Crippen LogP contribution in [0.2, 0.25) is 0 Å². The summed E-state index contributed by atoms with van der Waals surface area (Å²) in [5.41, 5.74) is 2.51. The van der Waals surface area contributed by atoms with E-state index >= 15 is 0 Å². The van der Waals surface area contributed by atoms with Crippen molar-refractivity contribution in [2.24, 2.45) is 0 Å². The third-order valence-electron chi connectivity index (χ3n) is 5.18. The van der Waals surface area contributed by atoms with Crippen molar-refractivity contribution < 1.29 is 13.7 Å². The monoisotopic (exact) mass is 453 g/mol. The van der Waals surface area contributed by atoms with Gasteiger partial charge in [0.05, 0.1) is 18.9 Å². The zero-order valence-electron chi connectivity index (χ0n) is 18.3. The lowest BCUT2D eigenvalue weighted by Crippen LogP contribution is -2.20. The lowest BCUT2D eigenvalue weighted by Gasteiger charge is -2.20. The Bertz CT molecular complexity index is 1170. The maximum absolute atomic E-state index is 13.5. The number of halogens is 1. The van der Waals surface area contributed by atoms with E-state index in [2.05, 4.69) is 27.2 Å². The molecule has 0 aliphatic heterocycles. The van der Waals surface area contributed by atoms with Gasteiger partial charge in [-0.25, -0.2) is 4.39 Å². The first-order chi connectivity index (χ1) is 15.5. The number of rotatable bonds is 8. The van der Waals surface area contributed by atoms with Gasteiger partial charge in [0.1, 0.15) is 23.0 Å². The van der Waals surface area contributed by atoms with Crippen LogP contribution in [0.1, 0.15) is 24.6 Å². The highest BCUT2D eigenvalue weighted by Crippen LogP contribution is 2.30. The van der Waals surface area contributed by atoms with E-state index in [0.717, 1.165) is 34.3 Å². The Kier molecular flexibility index (Phi) is 6.57. The van der Waals surface area contributed by atoms with Crippen LogP contribution in [-0.2, 0) is 5.75 Å². The summed E-state index contributed by atoms with van der Waals surface area (Å²) in [7, 11) is 5.60. The lowest BCUT2D eigenvalue weighted by molar-refractivity contribution is 0.305. The number of ether oxygens (including phenoxy) is 1. The summed E-state index contributed by atoms with van der Waals surface area (Å²) in [6.45, 7) is 2.05. The van der Waals surface area contributed by atoms with Crippen LogP contribution < -0.4 is 4.74 Å². The van der Waals surface area contributed by atoms with Gasteiger partial charge >= 0.3 is 0 Å². The average molecular weight is 454 g/mol. The van der Waals surface area contributed by atoms with Crippen molar-refractivity contribution in [2.75, 3.05) is 21.2 Å². The molecule has 0 amide bonds. The molecule has 0 radical (unpaired) electrons. The smallest absolute Gasteiger partial charge is 0.196 e. The molecule has 0 saturated heterocycles. The van der Waals surface area contributed by atoms with E-state index in [1.54, 1.807) is 19.2 Å². The van der Waals surface area contributed by atoms with Crippen LogP contribution in [0, 0.1) is 5.82 Å². The molecule has 0 fully saturated rings. The van der Waals surface area contributed by atoms with E-state index in [4.69, 9.17) is 9.26 Å². The van der Waals surface area contributed by atoms with Crippen LogP contribution in [-0.4, -0.2) is 46.0 Å². The summed E-state index contributed by atoms with van der Waals surface area (Å²) in [4.78, 5) is 2.05. The van der Waals surface area contributed by atoms with Gasteiger partial charge in [0.15, 0.2) is 11.0 Å². The van der Waals surface area contributed by atoms with E-state index in [1.165, 1.54) is 23.9 Å². The van der Waals surface area contributed by atoms with Gasteiger partial charge in [-0.1, -0.05) is 16.9 Å². The van der Waals surface area contributed by atoms with Crippen molar-refractivity contribution in [1.82, 2.24) is 24.8 Å². The van der Waals surface area contributed by atoms with Crippen molar-refractivity contribution in [1.29, 1.82) is 0 Å². The molecule has 4 aromatic rings. The molecule has 9 heteroatoms.